The molecule has 184 valence electrons. The molecule has 0 saturated heterocycles. The molecule has 0 fully saturated rings. The van der Waals surface area contributed by atoms with Gasteiger partial charge >= 0.3 is 53.6 Å². The molecule has 8 nitrogen and oxygen atoms in total. The van der Waals surface area contributed by atoms with Crippen molar-refractivity contribution in [2.24, 2.45) is 5.41 Å². The van der Waals surface area contributed by atoms with E-state index in [9.17, 15) is 26.7 Å². The number of carbonyl (C=O) groups is 1. The Morgan fingerprint density at radius 3 is 2.09 bits per heavy atom. The topological polar surface area (TPSA) is 110 Å². The van der Waals surface area contributed by atoms with E-state index in [0.717, 1.165) is 11.1 Å². The number of benzene rings is 1. The summed E-state index contributed by atoms with van der Waals surface area (Å²) in [5.41, 5.74) is 0.903. The molecule has 0 aliphatic heterocycles. The molecule has 0 spiro atoms. The van der Waals surface area contributed by atoms with E-state index in [1.807, 2.05) is 0 Å². The van der Waals surface area contributed by atoms with Crippen LogP contribution in [0, 0.1) is 5.41 Å². The van der Waals surface area contributed by atoms with Crippen LogP contribution < -0.4 is 9.47 Å². The van der Waals surface area contributed by atoms with Crippen molar-refractivity contribution in [3.63, 3.8) is 0 Å². The molecule has 0 atom stereocenters. The maximum atomic E-state index is 13.0. The van der Waals surface area contributed by atoms with Crippen LogP contribution in [0.2, 0.25) is 0 Å². The van der Waals surface area contributed by atoms with Crippen LogP contribution in [0.25, 0.3) is 22.5 Å². The third-order valence-corrected chi connectivity index (χ3v) is 4.65. The molecule has 14 heteroatoms. The second-order valence-corrected chi connectivity index (χ2v) is 7.90. The molecular formula is C21H20F5N4NaO4. The Morgan fingerprint density at radius 1 is 0.943 bits per heavy atom. The summed E-state index contributed by atoms with van der Waals surface area (Å²) in [4.78, 5) is 19.1. The van der Waals surface area contributed by atoms with E-state index in [1.165, 1.54) is 13.8 Å². The average Bonchev–Trinajstić information content (AvgIpc) is 3.25. The Kier molecular flexibility index (Phi) is 8.84. The summed E-state index contributed by atoms with van der Waals surface area (Å²) in [5, 5.41) is 15.0. The number of pyridine rings is 1. The Bertz CT molecular complexity index is 1140. The number of aromatic amines is 1. The molecule has 1 aromatic carbocycles. The number of H-pyrrole nitrogens is 1. The Labute approximate surface area is 218 Å². The molecule has 2 N–H and O–H groups in total. The third kappa shape index (κ3) is 7.12. The Hall–Kier alpha value is -2.77. The second kappa shape index (κ2) is 10.9. The van der Waals surface area contributed by atoms with Crippen molar-refractivity contribution in [1.82, 2.24) is 20.2 Å². The molecule has 3 aromatic rings. The van der Waals surface area contributed by atoms with E-state index in [2.05, 4.69) is 24.9 Å². The first-order chi connectivity index (χ1) is 15.8. The van der Waals surface area contributed by atoms with Gasteiger partial charge in [0, 0.05) is 23.4 Å². The number of rotatable bonds is 9. The van der Waals surface area contributed by atoms with E-state index in [-0.39, 0.29) is 47.9 Å². The molecule has 0 aliphatic carbocycles. The van der Waals surface area contributed by atoms with Gasteiger partial charge in [-0.05, 0) is 25.5 Å². The van der Waals surface area contributed by atoms with Gasteiger partial charge < -0.3 is 14.6 Å². The molecule has 0 saturated carbocycles. The van der Waals surface area contributed by atoms with Crippen LogP contribution in [0.4, 0.5) is 22.0 Å². The van der Waals surface area contributed by atoms with Gasteiger partial charge in [-0.15, -0.1) is 5.10 Å². The number of nitrogens with one attached hydrogen (secondary N) is 1. The quantitative estimate of drug-likeness (QED) is 0.331. The van der Waals surface area contributed by atoms with Crippen molar-refractivity contribution in [2.45, 2.75) is 25.9 Å². The molecule has 3 rings (SSSR count). The van der Waals surface area contributed by atoms with Crippen LogP contribution in [0.15, 0.2) is 42.6 Å². The van der Waals surface area contributed by atoms with E-state index >= 15 is 0 Å². The number of halogens is 5. The minimum absolute atomic E-state index is 0. The molecule has 2 heterocycles. The minimum atomic E-state index is -5.74. The number of aliphatic carboxylic acids is 1. The fourth-order valence-electron chi connectivity index (χ4n) is 2.45. The summed E-state index contributed by atoms with van der Waals surface area (Å²) in [6, 6.07) is 9.36. The number of carboxylic acids is 1. The van der Waals surface area contributed by atoms with Crippen molar-refractivity contribution in [1.29, 1.82) is 0 Å². The van der Waals surface area contributed by atoms with Crippen LogP contribution >= 0.6 is 0 Å². The average molecular weight is 510 g/mol. The predicted molar refractivity (Wildman–Crippen MR) is 116 cm³/mol. The van der Waals surface area contributed by atoms with Gasteiger partial charge in [-0.25, -0.2) is 4.98 Å². The van der Waals surface area contributed by atoms with Crippen molar-refractivity contribution in [3.05, 3.63) is 42.6 Å². The molecule has 0 unspecified atom stereocenters. The van der Waals surface area contributed by atoms with Crippen LogP contribution in [0.3, 0.4) is 0 Å². The normalized spacial score (nSPS) is 12.1. The standard InChI is InChI=1S/C21H19F5N4O4.Na.H/c1-19(2,17(31)32)10-33-15-8-7-14(9-27-15)12-3-5-13(6-4-12)16-28-18(30-29-16)34-11-20(22,23)21(24,25)26;;/h3-9H,10-11H2,1-2H3,(H,31,32)(H,28,29,30);;. The molecule has 2 aromatic heterocycles. The fourth-order valence-corrected chi connectivity index (χ4v) is 2.45. The number of nitrogens with zero attached hydrogens (tertiary/aromatic N) is 3. The molecular weight excluding hydrogens is 490 g/mol. The van der Waals surface area contributed by atoms with Crippen molar-refractivity contribution < 1.29 is 41.3 Å². The molecule has 35 heavy (non-hydrogen) atoms. The van der Waals surface area contributed by atoms with Crippen LogP contribution in [0.1, 0.15) is 13.8 Å². The van der Waals surface area contributed by atoms with Gasteiger partial charge in [-0.1, -0.05) is 24.3 Å². The van der Waals surface area contributed by atoms with Crippen LogP contribution in [-0.2, 0) is 4.79 Å². The fraction of sp³-hybridized carbons (Fsp3) is 0.333. The summed E-state index contributed by atoms with van der Waals surface area (Å²) in [6.07, 6.45) is -4.20. The van der Waals surface area contributed by atoms with E-state index in [0.29, 0.717) is 5.56 Å². The first-order valence-corrected chi connectivity index (χ1v) is 9.71. The number of hydrogen-bond acceptors (Lipinski definition) is 6. The summed E-state index contributed by atoms with van der Waals surface area (Å²) >= 11 is 0. The number of aromatic nitrogens is 4. The number of carboxylic acid groups (broad SMARTS) is 1. The predicted octanol–water partition coefficient (Wildman–Crippen LogP) is 3.95. The SMILES string of the molecule is CC(C)(COc1ccc(-c2ccc(-c3nc(OCC(F)(F)C(F)(F)F)n[nH]3)cc2)cn1)C(=O)O.[NaH]. The monoisotopic (exact) mass is 510 g/mol. The van der Waals surface area contributed by atoms with Crippen LogP contribution in [-0.4, -0.2) is 86.1 Å². The second-order valence-electron chi connectivity index (χ2n) is 7.90. The summed E-state index contributed by atoms with van der Waals surface area (Å²) in [7, 11) is 0. The zero-order valence-corrected chi connectivity index (χ0v) is 17.9. The van der Waals surface area contributed by atoms with Crippen molar-refractivity contribution in [2.75, 3.05) is 13.2 Å². The van der Waals surface area contributed by atoms with Gasteiger partial charge in [0.05, 0.1) is 5.41 Å². The number of ether oxygens (including phenoxy) is 2. The van der Waals surface area contributed by atoms with Gasteiger partial charge in [0.15, 0.2) is 12.4 Å². The molecule has 0 radical (unpaired) electrons. The van der Waals surface area contributed by atoms with Gasteiger partial charge in [0.25, 0.3) is 0 Å². The zero-order valence-electron chi connectivity index (χ0n) is 17.9. The summed E-state index contributed by atoms with van der Waals surface area (Å²) in [5.74, 6) is -5.65. The zero-order chi connectivity index (χ0) is 25.1. The van der Waals surface area contributed by atoms with Crippen molar-refractivity contribution >= 4 is 35.5 Å². The van der Waals surface area contributed by atoms with Crippen LogP contribution in [0.5, 0.6) is 11.9 Å². The van der Waals surface area contributed by atoms with Crippen molar-refractivity contribution in [3.8, 4) is 34.4 Å². The van der Waals surface area contributed by atoms with Gasteiger partial charge in [-0.3, -0.25) is 9.89 Å². The molecule has 0 bridgehead atoms. The summed E-state index contributed by atoms with van der Waals surface area (Å²) < 4.78 is 72.3. The van der Waals surface area contributed by atoms with Gasteiger partial charge in [0.1, 0.15) is 6.61 Å². The molecule has 0 aliphatic rings. The Balaban J connectivity index is 0.00000432. The summed E-state index contributed by atoms with van der Waals surface area (Å²) in [6.45, 7) is 1.08. The first kappa shape index (κ1) is 28.5. The van der Waals surface area contributed by atoms with E-state index in [1.54, 1.807) is 42.6 Å². The maximum absolute atomic E-state index is 13.0. The third-order valence-electron chi connectivity index (χ3n) is 4.65. The van der Waals surface area contributed by atoms with Gasteiger partial charge in [-0.2, -0.15) is 26.9 Å². The molecule has 0 amide bonds. The number of hydrogen-bond donors (Lipinski definition) is 2. The number of alkyl halides is 5. The first-order valence-electron chi connectivity index (χ1n) is 9.71. The van der Waals surface area contributed by atoms with Gasteiger partial charge in [0.2, 0.25) is 5.88 Å². The van der Waals surface area contributed by atoms with E-state index in [4.69, 9.17) is 9.84 Å². The van der Waals surface area contributed by atoms with E-state index < -0.39 is 36.1 Å². The Morgan fingerprint density at radius 2 is 1.54 bits per heavy atom.